The Hall–Kier alpha value is -2.71. The minimum atomic E-state index is -3.56. The van der Waals surface area contributed by atoms with Gasteiger partial charge in [-0.1, -0.05) is 42.4 Å². The zero-order valence-corrected chi connectivity index (χ0v) is 16.4. The summed E-state index contributed by atoms with van der Waals surface area (Å²) in [6.07, 6.45) is 2.49. The monoisotopic (exact) mass is 389 g/mol. The molecule has 0 spiro atoms. The molecule has 0 fully saturated rings. The average Bonchev–Trinajstić information content (AvgIpc) is 2.66. The Kier molecular flexibility index (Phi) is 7.09. The van der Waals surface area contributed by atoms with Gasteiger partial charge in [-0.05, 0) is 35.7 Å². The Balaban J connectivity index is 1.89. The Morgan fingerprint density at radius 2 is 1.89 bits per heavy atom. The summed E-state index contributed by atoms with van der Waals surface area (Å²) in [5.41, 5.74) is 2.46. The van der Waals surface area contributed by atoms with Crippen LogP contribution in [0.5, 0.6) is 0 Å². The molecule has 0 aliphatic rings. The van der Waals surface area contributed by atoms with Gasteiger partial charge in [-0.2, -0.15) is 0 Å². The standard InChI is InChI=1S/C19H23N3O4S/c1-4-15-8-10-16(11-9-15)13-20-26-14-19(23)21-17-6-5-7-18(12-17)27(24,25)22(2)3/h5-13H,4,14H2,1-3H3,(H,21,23)/b20-13-. The molecule has 7 nitrogen and oxygen atoms in total. The van der Waals surface area contributed by atoms with Crippen molar-refractivity contribution in [1.82, 2.24) is 4.31 Å². The van der Waals surface area contributed by atoms with Crippen molar-refractivity contribution in [2.75, 3.05) is 26.0 Å². The summed E-state index contributed by atoms with van der Waals surface area (Å²) in [6.45, 7) is 1.80. The fraction of sp³-hybridized carbons (Fsp3) is 0.263. The van der Waals surface area contributed by atoms with Crippen molar-refractivity contribution in [3.05, 3.63) is 59.7 Å². The van der Waals surface area contributed by atoms with Crippen molar-refractivity contribution in [3.63, 3.8) is 0 Å². The lowest BCUT2D eigenvalue weighted by Crippen LogP contribution is -2.22. The summed E-state index contributed by atoms with van der Waals surface area (Å²) in [4.78, 5) is 17.0. The molecule has 0 bridgehead atoms. The molecule has 0 saturated heterocycles. The smallest absolute Gasteiger partial charge is 0.265 e. The van der Waals surface area contributed by atoms with Crippen molar-refractivity contribution in [2.45, 2.75) is 18.2 Å². The maximum Gasteiger partial charge on any atom is 0.265 e. The molecule has 0 unspecified atom stereocenters. The lowest BCUT2D eigenvalue weighted by atomic mass is 10.1. The number of rotatable bonds is 8. The second-order valence-corrected chi connectivity index (χ2v) is 8.12. The second-order valence-electron chi connectivity index (χ2n) is 5.97. The molecule has 27 heavy (non-hydrogen) atoms. The Bertz CT molecular complexity index is 907. The number of amides is 1. The Morgan fingerprint density at radius 1 is 1.19 bits per heavy atom. The number of anilines is 1. The topological polar surface area (TPSA) is 88.1 Å². The first kappa shape index (κ1) is 20.6. The van der Waals surface area contributed by atoms with E-state index in [2.05, 4.69) is 17.4 Å². The van der Waals surface area contributed by atoms with Gasteiger partial charge in [0.05, 0.1) is 11.1 Å². The highest BCUT2D eigenvalue weighted by molar-refractivity contribution is 7.89. The molecule has 0 aliphatic carbocycles. The van der Waals surface area contributed by atoms with Gasteiger partial charge in [0, 0.05) is 19.8 Å². The molecule has 0 radical (unpaired) electrons. The van der Waals surface area contributed by atoms with Crippen LogP contribution in [0.1, 0.15) is 18.1 Å². The van der Waals surface area contributed by atoms with Gasteiger partial charge < -0.3 is 10.2 Å². The molecule has 2 rings (SSSR count). The summed E-state index contributed by atoms with van der Waals surface area (Å²) in [7, 11) is -0.671. The van der Waals surface area contributed by atoms with Crippen LogP contribution in [0, 0.1) is 0 Å². The minimum absolute atomic E-state index is 0.0970. The lowest BCUT2D eigenvalue weighted by molar-refractivity contribution is -0.120. The minimum Gasteiger partial charge on any atom is -0.386 e. The number of nitrogens with zero attached hydrogens (tertiary/aromatic N) is 2. The van der Waals surface area contributed by atoms with Gasteiger partial charge in [0.15, 0.2) is 6.61 Å². The number of benzene rings is 2. The molecule has 2 aromatic carbocycles. The van der Waals surface area contributed by atoms with Gasteiger partial charge in [-0.25, -0.2) is 12.7 Å². The number of oxime groups is 1. The van der Waals surface area contributed by atoms with E-state index in [0.29, 0.717) is 5.69 Å². The van der Waals surface area contributed by atoms with Crippen LogP contribution >= 0.6 is 0 Å². The second kappa shape index (κ2) is 9.29. The predicted molar refractivity (Wildman–Crippen MR) is 105 cm³/mol. The first-order chi connectivity index (χ1) is 12.8. The fourth-order valence-corrected chi connectivity index (χ4v) is 3.12. The summed E-state index contributed by atoms with van der Waals surface area (Å²) in [6, 6.07) is 13.9. The van der Waals surface area contributed by atoms with E-state index in [4.69, 9.17) is 4.84 Å². The van der Waals surface area contributed by atoms with Crippen molar-refractivity contribution >= 4 is 27.8 Å². The maximum absolute atomic E-state index is 12.1. The number of carbonyl (C=O) groups is 1. The fourth-order valence-electron chi connectivity index (χ4n) is 2.18. The lowest BCUT2D eigenvalue weighted by Gasteiger charge is -2.12. The van der Waals surface area contributed by atoms with E-state index >= 15 is 0 Å². The van der Waals surface area contributed by atoms with E-state index in [1.807, 2.05) is 24.3 Å². The molecule has 0 saturated carbocycles. The zero-order valence-electron chi connectivity index (χ0n) is 15.5. The van der Waals surface area contributed by atoms with Crippen LogP contribution in [-0.2, 0) is 26.1 Å². The van der Waals surface area contributed by atoms with Crippen LogP contribution in [0.25, 0.3) is 0 Å². The molecule has 8 heteroatoms. The highest BCUT2D eigenvalue weighted by Gasteiger charge is 2.17. The average molecular weight is 389 g/mol. The summed E-state index contributed by atoms with van der Waals surface area (Å²) >= 11 is 0. The number of aryl methyl sites for hydroxylation is 1. The Labute approximate surface area is 159 Å². The first-order valence-corrected chi connectivity index (χ1v) is 9.83. The molecular weight excluding hydrogens is 366 g/mol. The third-order valence-electron chi connectivity index (χ3n) is 3.76. The predicted octanol–water partition coefficient (Wildman–Crippen LogP) is 2.49. The van der Waals surface area contributed by atoms with Gasteiger partial charge in [-0.15, -0.1) is 0 Å². The van der Waals surface area contributed by atoms with Gasteiger partial charge in [0.2, 0.25) is 10.0 Å². The summed E-state index contributed by atoms with van der Waals surface area (Å²) < 4.78 is 25.4. The van der Waals surface area contributed by atoms with Crippen molar-refractivity contribution in [3.8, 4) is 0 Å². The molecule has 2 aromatic rings. The van der Waals surface area contributed by atoms with Gasteiger partial charge in [0.1, 0.15) is 0 Å². The summed E-state index contributed by atoms with van der Waals surface area (Å²) in [5.74, 6) is -0.437. The zero-order chi connectivity index (χ0) is 19.9. The summed E-state index contributed by atoms with van der Waals surface area (Å²) in [5, 5.41) is 6.36. The normalized spacial score (nSPS) is 11.7. The van der Waals surface area contributed by atoms with E-state index in [1.165, 1.54) is 38.0 Å². The number of carbonyl (C=O) groups excluding carboxylic acids is 1. The molecule has 1 N–H and O–H groups in total. The molecule has 0 aromatic heterocycles. The van der Waals surface area contributed by atoms with E-state index in [9.17, 15) is 13.2 Å². The molecule has 0 atom stereocenters. The largest absolute Gasteiger partial charge is 0.386 e. The van der Waals surface area contributed by atoms with Crippen molar-refractivity contribution < 1.29 is 18.0 Å². The van der Waals surface area contributed by atoms with E-state index < -0.39 is 15.9 Å². The van der Waals surface area contributed by atoms with Crippen LogP contribution in [-0.4, -0.2) is 45.5 Å². The first-order valence-electron chi connectivity index (χ1n) is 8.39. The van der Waals surface area contributed by atoms with Gasteiger partial charge >= 0.3 is 0 Å². The SMILES string of the molecule is CCc1ccc(/C=N\OCC(=O)Nc2cccc(S(=O)(=O)N(C)C)c2)cc1. The molecular formula is C19H23N3O4S. The van der Waals surface area contributed by atoms with Crippen molar-refractivity contribution in [1.29, 1.82) is 0 Å². The molecule has 0 aliphatic heterocycles. The van der Waals surface area contributed by atoms with E-state index in [0.717, 1.165) is 16.3 Å². The van der Waals surface area contributed by atoms with E-state index in [1.54, 1.807) is 12.1 Å². The third-order valence-corrected chi connectivity index (χ3v) is 5.57. The highest BCUT2D eigenvalue weighted by atomic mass is 32.2. The maximum atomic E-state index is 12.1. The van der Waals surface area contributed by atoms with Crippen molar-refractivity contribution in [2.24, 2.45) is 5.16 Å². The third kappa shape index (κ3) is 5.90. The Morgan fingerprint density at radius 3 is 2.52 bits per heavy atom. The van der Waals surface area contributed by atoms with Crippen LogP contribution in [0.3, 0.4) is 0 Å². The van der Waals surface area contributed by atoms with Crippen LogP contribution in [0.4, 0.5) is 5.69 Å². The highest BCUT2D eigenvalue weighted by Crippen LogP contribution is 2.17. The van der Waals surface area contributed by atoms with Crippen LogP contribution < -0.4 is 5.32 Å². The van der Waals surface area contributed by atoms with Crippen LogP contribution in [0.15, 0.2) is 58.6 Å². The number of hydrogen-bond donors (Lipinski definition) is 1. The molecule has 144 valence electrons. The van der Waals surface area contributed by atoms with E-state index in [-0.39, 0.29) is 11.5 Å². The number of sulfonamides is 1. The van der Waals surface area contributed by atoms with Crippen LogP contribution in [0.2, 0.25) is 0 Å². The molecule has 1 amide bonds. The van der Waals surface area contributed by atoms with Gasteiger partial charge in [0.25, 0.3) is 5.91 Å². The quantitative estimate of drug-likeness (QED) is 0.555. The number of nitrogens with one attached hydrogen (secondary N) is 1. The molecule has 0 heterocycles. The number of hydrogen-bond acceptors (Lipinski definition) is 5. The van der Waals surface area contributed by atoms with Gasteiger partial charge in [-0.3, -0.25) is 4.79 Å².